The molecule has 0 amide bonds. The summed E-state index contributed by atoms with van der Waals surface area (Å²) in [5, 5.41) is 0. The summed E-state index contributed by atoms with van der Waals surface area (Å²) in [4.78, 5) is 24.9. The topological polar surface area (TPSA) is 34.1 Å². The van der Waals surface area contributed by atoms with Gasteiger partial charge in [0.2, 0.25) is 0 Å². The Balaban J connectivity index is 2.46. The largest absolute Gasteiger partial charge is 0.288 e. The lowest BCUT2D eigenvalue weighted by atomic mass is 9.79. The summed E-state index contributed by atoms with van der Waals surface area (Å²) >= 11 is 0. The zero-order chi connectivity index (χ0) is 14.6. The van der Waals surface area contributed by atoms with Crippen molar-refractivity contribution < 1.29 is 18.4 Å². The first-order valence-corrected chi connectivity index (χ1v) is 6.11. The summed E-state index contributed by atoms with van der Waals surface area (Å²) in [6.07, 6.45) is 0. The second-order valence-corrected chi connectivity index (χ2v) is 4.89. The average Bonchev–Trinajstić information content (AvgIpc) is 2.41. The summed E-state index contributed by atoms with van der Waals surface area (Å²) in [7, 11) is 0. The summed E-state index contributed by atoms with van der Waals surface area (Å²) in [6.45, 7) is 3.34. The van der Waals surface area contributed by atoms with Crippen LogP contribution >= 0.6 is 0 Å². The molecule has 0 N–H and O–H groups in total. The zero-order valence-electron chi connectivity index (χ0n) is 10.9. The highest BCUT2D eigenvalue weighted by molar-refractivity contribution is 6.29. The number of ketones is 2. The van der Waals surface area contributed by atoms with Crippen LogP contribution in [-0.4, -0.2) is 11.6 Å². The predicted octanol–water partition coefficient (Wildman–Crippen LogP) is 3.36. The van der Waals surface area contributed by atoms with E-state index in [0.29, 0.717) is 11.1 Å². The van der Waals surface area contributed by atoms with E-state index in [1.54, 1.807) is 26.0 Å². The first-order valence-electron chi connectivity index (χ1n) is 6.11. The first-order chi connectivity index (χ1) is 9.43. The van der Waals surface area contributed by atoms with E-state index in [9.17, 15) is 18.4 Å². The van der Waals surface area contributed by atoms with Gasteiger partial charge in [0.05, 0.1) is 11.1 Å². The molecule has 0 radical (unpaired) electrons. The maximum absolute atomic E-state index is 13.9. The molecule has 1 aliphatic rings. The van der Waals surface area contributed by atoms with E-state index in [1.165, 1.54) is 0 Å². The molecular weight excluding hydrogens is 262 g/mol. The smallest absolute Gasteiger partial charge is 0.197 e. The fourth-order valence-corrected chi connectivity index (χ4v) is 2.64. The predicted molar refractivity (Wildman–Crippen MR) is 69.1 cm³/mol. The van der Waals surface area contributed by atoms with Gasteiger partial charge >= 0.3 is 0 Å². The van der Waals surface area contributed by atoms with Crippen molar-refractivity contribution in [1.82, 2.24) is 0 Å². The van der Waals surface area contributed by atoms with Crippen LogP contribution in [0.25, 0.3) is 0 Å². The van der Waals surface area contributed by atoms with Crippen LogP contribution in [-0.2, 0) is 0 Å². The average molecular weight is 272 g/mol. The van der Waals surface area contributed by atoms with E-state index in [4.69, 9.17) is 0 Å². The number of carbonyl (C=O) groups is 2. The van der Waals surface area contributed by atoms with Gasteiger partial charge in [0.15, 0.2) is 11.6 Å². The SMILES string of the molecule is Cc1ccc(C)c2c1C(=O)c1c(F)ccc(F)c1C2=O. The lowest BCUT2D eigenvalue weighted by Gasteiger charge is -2.21. The van der Waals surface area contributed by atoms with Gasteiger partial charge in [0, 0.05) is 11.1 Å². The van der Waals surface area contributed by atoms with E-state index < -0.39 is 34.3 Å². The quantitative estimate of drug-likeness (QED) is 0.629. The molecule has 20 heavy (non-hydrogen) atoms. The Morgan fingerprint density at radius 1 is 0.650 bits per heavy atom. The summed E-state index contributed by atoms with van der Waals surface area (Å²) < 4.78 is 27.7. The summed E-state index contributed by atoms with van der Waals surface area (Å²) in [5.74, 6) is -3.00. The number of fused-ring (bicyclic) bond motifs is 2. The van der Waals surface area contributed by atoms with Crippen LogP contribution in [0.4, 0.5) is 8.78 Å². The van der Waals surface area contributed by atoms with E-state index >= 15 is 0 Å². The number of hydrogen-bond donors (Lipinski definition) is 0. The monoisotopic (exact) mass is 272 g/mol. The second kappa shape index (κ2) is 4.07. The highest BCUT2D eigenvalue weighted by Crippen LogP contribution is 2.33. The van der Waals surface area contributed by atoms with E-state index in [0.717, 1.165) is 12.1 Å². The number of carbonyl (C=O) groups excluding carboxylic acids is 2. The van der Waals surface area contributed by atoms with Gasteiger partial charge in [-0.15, -0.1) is 0 Å². The Labute approximate surface area is 114 Å². The molecule has 4 heteroatoms. The molecule has 0 aromatic heterocycles. The molecule has 0 aliphatic heterocycles. The number of benzene rings is 2. The van der Waals surface area contributed by atoms with Crippen molar-refractivity contribution >= 4 is 11.6 Å². The van der Waals surface area contributed by atoms with Crippen molar-refractivity contribution in [3.63, 3.8) is 0 Å². The van der Waals surface area contributed by atoms with Crippen LogP contribution in [0, 0.1) is 25.5 Å². The lowest BCUT2D eigenvalue weighted by molar-refractivity contribution is 0.0971. The number of hydrogen-bond acceptors (Lipinski definition) is 2. The van der Waals surface area contributed by atoms with Crippen molar-refractivity contribution in [1.29, 1.82) is 0 Å². The van der Waals surface area contributed by atoms with E-state index in [2.05, 4.69) is 0 Å². The fourth-order valence-electron chi connectivity index (χ4n) is 2.64. The van der Waals surface area contributed by atoms with Gasteiger partial charge in [-0.1, -0.05) is 12.1 Å². The maximum Gasteiger partial charge on any atom is 0.197 e. The molecule has 0 unspecified atom stereocenters. The molecule has 3 rings (SSSR count). The van der Waals surface area contributed by atoms with Gasteiger partial charge in [0.25, 0.3) is 0 Å². The van der Waals surface area contributed by atoms with Gasteiger partial charge in [-0.3, -0.25) is 9.59 Å². The first kappa shape index (κ1) is 12.7. The normalized spacial score (nSPS) is 13.2. The molecule has 0 saturated heterocycles. The van der Waals surface area contributed by atoms with Crippen LogP contribution in [0.15, 0.2) is 24.3 Å². The molecule has 2 nitrogen and oxygen atoms in total. The zero-order valence-corrected chi connectivity index (χ0v) is 10.9. The summed E-state index contributed by atoms with van der Waals surface area (Å²) in [5.41, 5.74) is 0.586. The van der Waals surface area contributed by atoms with Crippen LogP contribution in [0.2, 0.25) is 0 Å². The highest BCUT2D eigenvalue weighted by atomic mass is 19.1. The van der Waals surface area contributed by atoms with Crippen LogP contribution in [0.1, 0.15) is 43.0 Å². The van der Waals surface area contributed by atoms with Gasteiger partial charge in [-0.25, -0.2) is 8.78 Å². The Kier molecular flexibility index (Phi) is 2.57. The van der Waals surface area contributed by atoms with E-state index in [1.807, 2.05) is 0 Å². The second-order valence-electron chi connectivity index (χ2n) is 4.89. The molecule has 0 fully saturated rings. The lowest BCUT2D eigenvalue weighted by Crippen LogP contribution is -2.25. The molecular formula is C16H10F2O2. The molecule has 0 bridgehead atoms. The Morgan fingerprint density at radius 2 is 1.00 bits per heavy atom. The maximum atomic E-state index is 13.9. The van der Waals surface area contributed by atoms with Crippen molar-refractivity contribution in [2.75, 3.05) is 0 Å². The van der Waals surface area contributed by atoms with Gasteiger partial charge in [0.1, 0.15) is 11.6 Å². The minimum atomic E-state index is -0.869. The van der Waals surface area contributed by atoms with Crippen molar-refractivity contribution in [3.05, 3.63) is 69.3 Å². The molecule has 0 spiro atoms. The van der Waals surface area contributed by atoms with Crippen molar-refractivity contribution in [2.45, 2.75) is 13.8 Å². The third-order valence-electron chi connectivity index (χ3n) is 3.63. The third-order valence-corrected chi connectivity index (χ3v) is 3.63. The van der Waals surface area contributed by atoms with Crippen LogP contribution in [0.3, 0.4) is 0 Å². The molecule has 1 aliphatic carbocycles. The van der Waals surface area contributed by atoms with Gasteiger partial charge in [-0.2, -0.15) is 0 Å². The Hall–Kier alpha value is -2.36. The molecule has 2 aromatic rings. The van der Waals surface area contributed by atoms with Crippen molar-refractivity contribution in [3.8, 4) is 0 Å². The number of rotatable bonds is 0. The molecule has 0 heterocycles. The Morgan fingerprint density at radius 3 is 1.35 bits per heavy atom. The number of halogens is 2. The minimum Gasteiger partial charge on any atom is -0.288 e. The van der Waals surface area contributed by atoms with Crippen LogP contribution in [0.5, 0.6) is 0 Å². The standard InChI is InChI=1S/C16H10F2O2/c1-7-3-4-8(2)12-11(7)15(19)13-9(17)5-6-10(18)14(13)16(12)20/h3-6H,1-2H3. The Bertz CT molecular complexity index is 662. The van der Waals surface area contributed by atoms with Gasteiger partial charge < -0.3 is 0 Å². The minimum absolute atomic E-state index is 0.173. The molecule has 100 valence electrons. The molecule has 0 saturated carbocycles. The molecule has 2 aromatic carbocycles. The van der Waals surface area contributed by atoms with Gasteiger partial charge in [-0.05, 0) is 37.1 Å². The summed E-state index contributed by atoms with van der Waals surface area (Å²) in [6, 6.07) is 5.13. The highest BCUT2D eigenvalue weighted by Gasteiger charge is 2.36. The van der Waals surface area contributed by atoms with E-state index in [-0.39, 0.29) is 11.1 Å². The van der Waals surface area contributed by atoms with Crippen molar-refractivity contribution in [2.24, 2.45) is 0 Å². The van der Waals surface area contributed by atoms with Crippen LogP contribution < -0.4 is 0 Å². The third kappa shape index (κ3) is 1.48. The fraction of sp³-hybridized carbons (Fsp3) is 0.125. The molecule has 0 atom stereocenters. The number of aryl methyl sites for hydroxylation is 2.